The van der Waals surface area contributed by atoms with E-state index in [4.69, 9.17) is 14.2 Å². The van der Waals surface area contributed by atoms with Crippen molar-refractivity contribution in [3.8, 4) is 11.5 Å². The second-order valence-corrected chi connectivity index (χ2v) is 7.10. The molecule has 2 aromatic carbocycles. The molecule has 2 heterocycles. The third-order valence-corrected chi connectivity index (χ3v) is 5.05. The molecule has 1 saturated heterocycles. The van der Waals surface area contributed by atoms with E-state index in [2.05, 4.69) is 4.90 Å². The van der Waals surface area contributed by atoms with Crippen molar-refractivity contribution in [1.29, 1.82) is 0 Å². The quantitative estimate of drug-likeness (QED) is 0.785. The molecule has 2 aliphatic heterocycles. The fourth-order valence-corrected chi connectivity index (χ4v) is 3.57. The number of β-amino-alcohol motifs (C(OH)–C–C–N with tert-alkyl or cyclic N) is 1. The minimum atomic E-state index is -0.561. The average molecular weight is 388 g/mol. The number of ether oxygens (including phenoxy) is 3. The monoisotopic (exact) mass is 388 g/mol. The van der Waals surface area contributed by atoms with E-state index in [0.717, 1.165) is 43.2 Å². The molecule has 0 spiro atoms. The SMILES string of the molecule is OC(COCc1ccc2c(c1)OCO2)CN1CCN(c2ccccc2F)CC1. The summed E-state index contributed by atoms with van der Waals surface area (Å²) in [6.07, 6.45) is -0.561. The Labute approximate surface area is 164 Å². The highest BCUT2D eigenvalue weighted by Crippen LogP contribution is 2.32. The average Bonchev–Trinajstić information content (AvgIpc) is 3.17. The van der Waals surface area contributed by atoms with Crippen molar-refractivity contribution >= 4 is 5.69 Å². The lowest BCUT2D eigenvalue weighted by atomic mass is 10.2. The van der Waals surface area contributed by atoms with Crippen LogP contribution in [0, 0.1) is 5.82 Å². The lowest BCUT2D eigenvalue weighted by molar-refractivity contribution is 0.00909. The number of hydrogen-bond acceptors (Lipinski definition) is 6. The molecule has 0 amide bonds. The summed E-state index contributed by atoms with van der Waals surface area (Å²) >= 11 is 0. The van der Waals surface area contributed by atoms with Crippen LogP contribution >= 0.6 is 0 Å². The van der Waals surface area contributed by atoms with Gasteiger partial charge in [0.15, 0.2) is 11.5 Å². The van der Waals surface area contributed by atoms with Crippen LogP contribution in [-0.4, -0.2) is 62.2 Å². The number of nitrogens with zero attached hydrogens (tertiary/aromatic N) is 2. The second-order valence-electron chi connectivity index (χ2n) is 7.10. The highest BCUT2D eigenvalue weighted by molar-refractivity contribution is 5.48. The smallest absolute Gasteiger partial charge is 0.231 e. The minimum absolute atomic E-state index is 0.187. The molecule has 2 aromatic rings. The molecular weight excluding hydrogens is 363 g/mol. The maximum Gasteiger partial charge on any atom is 0.231 e. The molecule has 28 heavy (non-hydrogen) atoms. The maximum atomic E-state index is 13.9. The molecule has 0 aromatic heterocycles. The first-order valence-corrected chi connectivity index (χ1v) is 9.55. The Morgan fingerprint density at radius 1 is 1.04 bits per heavy atom. The lowest BCUT2D eigenvalue weighted by Gasteiger charge is -2.36. The number of aliphatic hydroxyl groups is 1. The molecule has 0 radical (unpaired) electrons. The summed E-state index contributed by atoms with van der Waals surface area (Å²) in [5.74, 6) is 1.29. The predicted molar refractivity (Wildman–Crippen MR) is 103 cm³/mol. The van der Waals surface area contributed by atoms with E-state index in [1.807, 2.05) is 35.2 Å². The summed E-state index contributed by atoms with van der Waals surface area (Å²) in [7, 11) is 0. The van der Waals surface area contributed by atoms with E-state index in [0.29, 0.717) is 18.8 Å². The van der Waals surface area contributed by atoms with Gasteiger partial charge in [-0.05, 0) is 29.8 Å². The Morgan fingerprint density at radius 2 is 1.82 bits per heavy atom. The largest absolute Gasteiger partial charge is 0.454 e. The first kappa shape index (κ1) is 19.0. The van der Waals surface area contributed by atoms with Crippen molar-refractivity contribution < 1.29 is 23.7 Å². The van der Waals surface area contributed by atoms with Crippen molar-refractivity contribution in [2.75, 3.05) is 51.0 Å². The Kier molecular flexibility index (Phi) is 5.95. The zero-order valence-corrected chi connectivity index (χ0v) is 15.7. The van der Waals surface area contributed by atoms with Gasteiger partial charge in [0.1, 0.15) is 5.82 Å². The highest BCUT2D eigenvalue weighted by atomic mass is 19.1. The number of fused-ring (bicyclic) bond motifs is 1. The summed E-state index contributed by atoms with van der Waals surface area (Å²) in [6, 6.07) is 12.6. The Morgan fingerprint density at radius 3 is 2.64 bits per heavy atom. The molecular formula is C21H25FN2O4. The first-order chi connectivity index (χ1) is 13.7. The fourth-order valence-electron chi connectivity index (χ4n) is 3.57. The molecule has 6 nitrogen and oxygen atoms in total. The van der Waals surface area contributed by atoms with Crippen LogP contribution in [0.3, 0.4) is 0 Å². The fraction of sp³-hybridized carbons (Fsp3) is 0.429. The van der Waals surface area contributed by atoms with E-state index in [9.17, 15) is 9.50 Å². The molecule has 1 unspecified atom stereocenters. The Bertz CT molecular complexity index is 796. The van der Waals surface area contributed by atoms with Crippen LogP contribution in [0.4, 0.5) is 10.1 Å². The predicted octanol–water partition coefficient (Wildman–Crippen LogP) is 2.25. The van der Waals surface area contributed by atoms with Crippen molar-refractivity contribution in [2.24, 2.45) is 0 Å². The third kappa shape index (κ3) is 4.55. The van der Waals surface area contributed by atoms with Gasteiger partial charge in [0, 0.05) is 32.7 Å². The van der Waals surface area contributed by atoms with Gasteiger partial charge in [0.25, 0.3) is 0 Å². The van der Waals surface area contributed by atoms with Gasteiger partial charge in [-0.3, -0.25) is 4.90 Å². The zero-order chi connectivity index (χ0) is 19.3. The molecule has 1 fully saturated rings. The Balaban J connectivity index is 1.18. The van der Waals surface area contributed by atoms with E-state index >= 15 is 0 Å². The number of anilines is 1. The molecule has 7 heteroatoms. The lowest BCUT2D eigenvalue weighted by Crippen LogP contribution is -2.49. The van der Waals surface area contributed by atoms with Gasteiger partial charge in [-0.1, -0.05) is 18.2 Å². The maximum absolute atomic E-state index is 13.9. The number of rotatable bonds is 7. The summed E-state index contributed by atoms with van der Waals surface area (Å²) < 4.78 is 30.2. The van der Waals surface area contributed by atoms with Crippen LogP contribution in [0.2, 0.25) is 0 Å². The highest BCUT2D eigenvalue weighted by Gasteiger charge is 2.21. The van der Waals surface area contributed by atoms with E-state index in [1.54, 1.807) is 6.07 Å². The minimum Gasteiger partial charge on any atom is -0.454 e. The van der Waals surface area contributed by atoms with Crippen molar-refractivity contribution in [1.82, 2.24) is 4.90 Å². The third-order valence-electron chi connectivity index (χ3n) is 5.05. The molecule has 150 valence electrons. The molecule has 0 saturated carbocycles. The van der Waals surface area contributed by atoms with Crippen molar-refractivity contribution in [3.05, 3.63) is 53.8 Å². The molecule has 1 atom stereocenters. The van der Waals surface area contributed by atoms with Crippen LogP contribution in [0.25, 0.3) is 0 Å². The van der Waals surface area contributed by atoms with Crippen LogP contribution < -0.4 is 14.4 Å². The van der Waals surface area contributed by atoms with Gasteiger partial charge in [0.2, 0.25) is 6.79 Å². The van der Waals surface area contributed by atoms with Gasteiger partial charge in [0.05, 0.1) is 25.0 Å². The summed E-state index contributed by atoms with van der Waals surface area (Å²) in [4.78, 5) is 4.24. The van der Waals surface area contributed by atoms with Gasteiger partial charge in [-0.15, -0.1) is 0 Å². The van der Waals surface area contributed by atoms with E-state index in [-0.39, 0.29) is 19.2 Å². The summed E-state index contributed by atoms with van der Waals surface area (Å²) in [5, 5.41) is 10.3. The van der Waals surface area contributed by atoms with Crippen LogP contribution in [0.1, 0.15) is 5.56 Å². The topological polar surface area (TPSA) is 54.4 Å². The van der Waals surface area contributed by atoms with E-state index in [1.165, 1.54) is 6.07 Å². The number of hydrogen-bond donors (Lipinski definition) is 1. The molecule has 4 rings (SSSR count). The van der Waals surface area contributed by atoms with Gasteiger partial charge < -0.3 is 24.2 Å². The van der Waals surface area contributed by atoms with Gasteiger partial charge in [-0.25, -0.2) is 4.39 Å². The summed E-state index contributed by atoms with van der Waals surface area (Å²) in [6.45, 7) is 4.53. The van der Waals surface area contributed by atoms with E-state index < -0.39 is 6.10 Å². The normalized spacial score (nSPS) is 17.7. The van der Waals surface area contributed by atoms with Crippen molar-refractivity contribution in [2.45, 2.75) is 12.7 Å². The second kappa shape index (κ2) is 8.77. The van der Waals surface area contributed by atoms with Gasteiger partial charge in [-0.2, -0.15) is 0 Å². The number of halogens is 1. The van der Waals surface area contributed by atoms with Gasteiger partial charge >= 0.3 is 0 Å². The van der Waals surface area contributed by atoms with Crippen LogP contribution in [-0.2, 0) is 11.3 Å². The number of benzene rings is 2. The molecule has 1 N–H and O–H groups in total. The molecule has 2 aliphatic rings. The van der Waals surface area contributed by atoms with Crippen LogP contribution in [0.5, 0.6) is 11.5 Å². The molecule has 0 aliphatic carbocycles. The standard InChI is InChI=1S/C21H25FN2O4/c22-18-3-1-2-4-19(18)24-9-7-23(8-10-24)12-17(25)14-26-13-16-5-6-20-21(11-16)28-15-27-20/h1-6,11,17,25H,7-10,12-15H2. The van der Waals surface area contributed by atoms with Crippen LogP contribution in [0.15, 0.2) is 42.5 Å². The first-order valence-electron chi connectivity index (χ1n) is 9.55. The zero-order valence-electron chi connectivity index (χ0n) is 15.7. The molecule has 0 bridgehead atoms. The number of aliphatic hydroxyl groups excluding tert-OH is 1. The Hall–Kier alpha value is -2.35. The number of piperazine rings is 1. The summed E-state index contributed by atoms with van der Waals surface area (Å²) in [5.41, 5.74) is 1.63. The van der Waals surface area contributed by atoms with Crippen molar-refractivity contribution in [3.63, 3.8) is 0 Å². The number of para-hydroxylation sites is 1.